The second-order valence-corrected chi connectivity index (χ2v) is 5.25. The van der Waals surface area contributed by atoms with Crippen LogP contribution in [0.4, 0.5) is 4.39 Å². The Morgan fingerprint density at radius 1 is 1.18 bits per heavy atom. The van der Waals surface area contributed by atoms with Crippen LogP contribution in [0.25, 0.3) is 0 Å². The SMILES string of the molecule is CO/N=C1\CCCc2cccc(C(=O)c3cccc(F)c3)c21. The second kappa shape index (κ2) is 6.10. The number of fused-ring (bicyclic) bond motifs is 1. The highest BCUT2D eigenvalue weighted by Crippen LogP contribution is 2.27. The summed E-state index contributed by atoms with van der Waals surface area (Å²) in [5.41, 5.74) is 3.60. The number of benzene rings is 2. The van der Waals surface area contributed by atoms with Crippen LogP contribution in [-0.4, -0.2) is 18.6 Å². The number of ketones is 1. The molecule has 22 heavy (non-hydrogen) atoms. The third-order valence-electron chi connectivity index (χ3n) is 3.83. The Hall–Kier alpha value is -2.49. The van der Waals surface area contributed by atoms with Crippen LogP contribution in [0.1, 0.15) is 39.9 Å². The molecule has 0 unspecified atom stereocenters. The van der Waals surface area contributed by atoms with Gasteiger partial charge in [0.05, 0.1) is 5.71 Å². The zero-order valence-corrected chi connectivity index (χ0v) is 12.3. The van der Waals surface area contributed by atoms with Gasteiger partial charge in [-0.2, -0.15) is 0 Å². The zero-order chi connectivity index (χ0) is 15.5. The van der Waals surface area contributed by atoms with Gasteiger partial charge in [0.25, 0.3) is 0 Å². The van der Waals surface area contributed by atoms with E-state index >= 15 is 0 Å². The molecule has 4 heteroatoms. The van der Waals surface area contributed by atoms with Gasteiger partial charge in [0, 0.05) is 16.7 Å². The van der Waals surface area contributed by atoms with Crippen molar-refractivity contribution in [3.8, 4) is 0 Å². The first-order chi connectivity index (χ1) is 10.7. The summed E-state index contributed by atoms with van der Waals surface area (Å²) in [6.45, 7) is 0. The molecular formula is C18H16FNO2. The minimum absolute atomic E-state index is 0.193. The van der Waals surface area contributed by atoms with Gasteiger partial charge >= 0.3 is 0 Å². The lowest BCUT2D eigenvalue weighted by Crippen LogP contribution is -2.18. The maximum Gasteiger partial charge on any atom is 0.193 e. The summed E-state index contributed by atoms with van der Waals surface area (Å²) in [4.78, 5) is 17.7. The Morgan fingerprint density at radius 3 is 2.77 bits per heavy atom. The molecule has 0 spiro atoms. The maximum absolute atomic E-state index is 13.4. The summed E-state index contributed by atoms with van der Waals surface area (Å²) in [5, 5.41) is 4.07. The van der Waals surface area contributed by atoms with Crippen LogP contribution in [0.2, 0.25) is 0 Å². The molecule has 0 heterocycles. The number of hydrogen-bond acceptors (Lipinski definition) is 3. The first kappa shape index (κ1) is 14.4. The summed E-state index contributed by atoms with van der Waals surface area (Å²) in [7, 11) is 1.50. The van der Waals surface area contributed by atoms with Crippen molar-refractivity contribution in [3.05, 3.63) is 70.5 Å². The molecule has 0 bridgehead atoms. The minimum Gasteiger partial charge on any atom is -0.399 e. The summed E-state index contributed by atoms with van der Waals surface area (Å²) < 4.78 is 13.4. The molecule has 0 aromatic heterocycles. The highest BCUT2D eigenvalue weighted by molar-refractivity contribution is 6.17. The third kappa shape index (κ3) is 2.64. The first-order valence-corrected chi connectivity index (χ1v) is 7.23. The van der Waals surface area contributed by atoms with E-state index in [1.165, 1.54) is 19.2 Å². The van der Waals surface area contributed by atoms with Crippen molar-refractivity contribution in [2.75, 3.05) is 7.11 Å². The average Bonchev–Trinajstić information content (AvgIpc) is 2.54. The fourth-order valence-electron chi connectivity index (χ4n) is 2.90. The lowest BCUT2D eigenvalue weighted by Gasteiger charge is -2.20. The van der Waals surface area contributed by atoms with E-state index in [0.29, 0.717) is 11.1 Å². The van der Waals surface area contributed by atoms with Crippen LogP contribution < -0.4 is 0 Å². The van der Waals surface area contributed by atoms with Crippen LogP contribution in [0.5, 0.6) is 0 Å². The summed E-state index contributed by atoms with van der Waals surface area (Å²) >= 11 is 0. The highest BCUT2D eigenvalue weighted by atomic mass is 19.1. The van der Waals surface area contributed by atoms with E-state index in [9.17, 15) is 9.18 Å². The topological polar surface area (TPSA) is 38.7 Å². The van der Waals surface area contributed by atoms with Crippen LogP contribution in [-0.2, 0) is 11.3 Å². The number of aryl methyl sites for hydroxylation is 1. The van der Waals surface area contributed by atoms with E-state index in [0.717, 1.165) is 36.1 Å². The molecule has 0 saturated heterocycles. The van der Waals surface area contributed by atoms with Gasteiger partial charge in [-0.05, 0) is 37.0 Å². The predicted molar refractivity (Wildman–Crippen MR) is 82.8 cm³/mol. The number of halogens is 1. The smallest absolute Gasteiger partial charge is 0.193 e. The molecule has 0 saturated carbocycles. The van der Waals surface area contributed by atoms with Gasteiger partial charge in [-0.25, -0.2) is 4.39 Å². The predicted octanol–water partition coefficient (Wildman–Crippen LogP) is 3.74. The van der Waals surface area contributed by atoms with Crippen molar-refractivity contribution < 1.29 is 14.0 Å². The zero-order valence-electron chi connectivity index (χ0n) is 12.3. The molecule has 0 aliphatic heterocycles. The average molecular weight is 297 g/mol. The van der Waals surface area contributed by atoms with E-state index < -0.39 is 5.82 Å². The van der Waals surface area contributed by atoms with E-state index in [4.69, 9.17) is 4.84 Å². The third-order valence-corrected chi connectivity index (χ3v) is 3.83. The number of nitrogens with zero attached hydrogens (tertiary/aromatic N) is 1. The van der Waals surface area contributed by atoms with Crippen LogP contribution in [0, 0.1) is 5.82 Å². The summed E-state index contributed by atoms with van der Waals surface area (Å²) in [5.74, 6) is -0.608. The van der Waals surface area contributed by atoms with Crippen molar-refractivity contribution in [3.63, 3.8) is 0 Å². The molecule has 0 amide bonds. The minimum atomic E-state index is -0.415. The Labute approximate surface area is 128 Å². The van der Waals surface area contributed by atoms with Crippen LogP contribution >= 0.6 is 0 Å². The van der Waals surface area contributed by atoms with E-state index in [2.05, 4.69) is 5.16 Å². The van der Waals surface area contributed by atoms with Crippen LogP contribution in [0.3, 0.4) is 0 Å². The second-order valence-electron chi connectivity index (χ2n) is 5.25. The Morgan fingerprint density at radius 2 is 2.00 bits per heavy atom. The van der Waals surface area contributed by atoms with Gasteiger partial charge in [0.2, 0.25) is 0 Å². The lowest BCUT2D eigenvalue weighted by atomic mass is 9.84. The van der Waals surface area contributed by atoms with Crippen molar-refractivity contribution >= 4 is 11.5 Å². The molecule has 112 valence electrons. The first-order valence-electron chi connectivity index (χ1n) is 7.23. The van der Waals surface area contributed by atoms with Gasteiger partial charge in [-0.1, -0.05) is 35.5 Å². The van der Waals surface area contributed by atoms with Gasteiger partial charge < -0.3 is 4.84 Å². The molecular weight excluding hydrogens is 281 g/mol. The van der Waals surface area contributed by atoms with Crippen molar-refractivity contribution in [1.82, 2.24) is 0 Å². The quantitative estimate of drug-likeness (QED) is 0.639. The Kier molecular flexibility index (Phi) is 4.00. The number of rotatable bonds is 3. The summed E-state index contributed by atoms with van der Waals surface area (Å²) in [6, 6.07) is 11.4. The molecule has 3 rings (SSSR count). The molecule has 2 aromatic rings. The van der Waals surface area contributed by atoms with E-state index in [1.54, 1.807) is 18.2 Å². The van der Waals surface area contributed by atoms with Crippen molar-refractivity contribution in [1.29, 1.82) is 0 Å². The Balaban J connectivity index is 2.12. The van der Waals surface area contributed by atoms with Gasteiger partial charge in [-0.3, -0.25) is 4.79 Å². The van der Waals surface area contributed by atoms with Crippen molar-refractivity contribution in [2.45, 2.75) is 19.3 Å². The largest absolute Gasteiger partial charge is 0.399 e. The molecule has 1 aliphatic carbocycles. The number of hydrogen-bond donors (Lipinski definition) is 0. The fourth-order valence-corrected chi connectivity index (χ4v) is 2.90. The maximum atomic E-state index is 13.4. The molecule has 0 N–H and O–H groups in total. The molecule has 0 radical (unpaired) electrons. The van der Waals surface area contributed by atoms with Gasteiger partial charge in [-0.15, -0.1) is 0 Å². The number of oxime groups is 1. The molecule has 0 atom stereocenters. The fraction of sp³-hybridized carbons (Fsp3) is 0.222. The van der Waals surface area contributed by atoms with Crippen LogP contribution in [0.15, 0.2) is 47.6 Å². The standard InChI is InChI=1S/C18H16FNO2/c1-22-20-16-10-4-6-12-5-3-9-15(17(12)16)18(21)13-7-2-8-14(19)11-13/h2-3,5,7-9,11H,4,6,10H2,1H3/b20-16+. The Bertz CT molecular complexity index is 753. The lowest BCUT2D eigenvalue weighted by molar-refractivity contribution is 0.103. The number of carbonyl (C=O) groups is 1. The molecule has 3 nitrogen and oxygen atoms in total. The van der Waals surface area contributed by atoms with Gasteiger partial charge in [0.15, 0.2) is 5.78 Å². The molecule has 2 aromatic carbocycles. The van der Waals surface area contributed by atoms with Crippen molar-refractivity contribution in [2.24, 2.45) is 5.16 Å². The van der Waals surface area contributed by atoms with E-state index in [-0.39, 0.29) is 5.78 Å². The molecule has 0 fully saturated rings. The normalized spacial score (nSPS) is 15.5. The van der Waals surface area contributed by atoms with E-state index in [1.807, 2.05) is 12.1 Å². The highest BCUT2D eigenvalue weighted by Gasteiger charge is 2.23. The number of carbonyl (C=O) groups excluding carboxylic acids is 1. The summed E-state index contributed by atoms with van der Waals surface area (Å²) in [6.07, 6.45) is 2.66. The monoisotopic (exact) mass is 297 g/mol. The van der Waals surface area contributed by atoms with Gasteiger partial charge in [0.1, 0.15) is 12.9 Å². The molecule has 1 aliphatic rings.